The van der Waals surface area contributed by atoms with Crippen molar-refractivity contribution in [3.8, 4) is 5.75 Å². The summed E-state index contributed by atoms with van der Waals surface area (Å²) in [5.74, 6) is -0.0958. The summed E-state index contributed by atoms with van der Waals surface area (Å²) in [5.41, 5.74) is 6.27. The molecule has 0 atom stereocenters. The molecule has 2 N–H and O–H groups in total. The molecule has 5 heteroatoms. The van der Waals surface area contributed by atoms with Crippen LogP contribution in [0.2, 0.25) is 5.02 Å². The van der Waals surface area contributed by atoms with E-state index in [1.54, 1.807) is 13.0 Å². The molecule has 0 saturated carbocycles. The Hall–Kier alpha value is -1.42. The number of anilines is 1. The Morgan fingerprint density at radius 3 is 2.62 bits per heavy atom. The van der Waals surface area contributed by atoms with Gasteiger partial charge in [0, 0.05) is 11.1 Å². The second kappa shape index (κ2) is 5.61. The minimum absolute atomic E-state index is 0.234. The molecule has 0 aliphatic heterocycles. The van der Waals surface area contributed by atoms with Gasteiger partial charge in [-0.25, -0.2) is 4.79 Å². The average Bonchev–Trinajstić information content (AvgIpc) is 2.23. The highest BCUT2D eigenvalue weighted by Gasteiger charge is 2.16. The lowest BCUT2D eigenvalue weighted by Gasteiger charge is -2.11. The van der Waals surface area contributed by atoms with Crippen molar-refractivity contribution in [1.29, 1.82) is 0 Å². The summed E-state index contributed by atoms with van der Waals surface area (Å²) in [7, 11) is 0. The largest absolute Gasteiger partial charge is 0.492 e. The molecule has 0 spiro atoms. The number of hydrogen-bond donors (Lipinski definition) is 1. The maximum absolute atomic E-state index is 11.6. The lowest BCUT2D eigenvalue weighted by Crippen LogP contribution is -2.09. The molecule has 0 aliphatic carbocycles. The van der Waals surface area contributed by atoms with Crippen LogP contribution >= 0.6 is 11.6 Å². The number of ether oxygens (including phenoxy) is 2. The van der Waals surface area contributed by atoms with Crippen molar-refractivity contribution in [2.24, 2.45) is 0 Å². The molecule has 0 fully saturated rings. The SMILES string of the molecule is CCOC(=O)c1cc(Cl)cc(OCC)c1N. The Morgan fingerprint density at radius 1 is 1.38 bits per heavy atom. The third kappa shape index (κ3) is 2.79. The third-order valence-corrected chi connectivity index (χ3v) is 2.12. The van der Waals surface area contributed by atoms with Gasteiger partial charge in [0.05, 0.1) is 24.5 Å². The summed E-state index contributed by atoms with van der Waals surface area (Å²) in [6.45, 7) is 4.29. The summed E-state index contributed by atoms with van der Waals surface area (Å²) < 4.78 is 10.1. The van der Waals surface area contributed by atoms with Crippen molar-refractivity contribution in [2.75, 3.05) is 18.9 Å². The van der Waals surface area contributed by atoms with Crippen molar-refractivity contribution in [2.45, 2.75) is 13.8 Å². The van der Waals surface area contributed by atoms with Gasteiger partial charge in [0.25, 0.3) is 0 Å². The zero-order chi connectivity index (χ0) is 12.1. The maximum Gasteiger partial charge on any atom is 0.340 e. The molecular formula is C11H14ClNO3. The summed E-state index contributed by atoms with van der Waals surface area (Å²) in [4.78, 5) is 11.6. The van der Waals surface area contributed by atoms with Gasteiger partial charge in [0.1, 0.15) is 5.75 Å². The number of nitrogens with two attached hydrogens (primary N) is 1. The van der Waals surface area contributed by atoms with E-state index in [-0.39, 0.29) is 17.9 Å². The third-order valence-electron chi connectivity index (χ3n) is 1.90. The number of hydrogen-bond acceptors (Lipinski definition) is 4. The number of rotatable bonds is 4. The quantitative estimate of drug-likeness (QED) is 0.652. The zero-order valence-corrected chi connectivity index (χ0v) is 10.0. The van der Waals surface area contributed by atoms with E-state index in [9.17, 15) is 4.79 Å². The first-order valence-corrected chi connectivity index (χ1v) is 5.36. The topological polar surface area (TPSA) is 61.5 Å². The highest BCUT2D eigenvalue weighted by atomic mass is 35.5. The van der Waals surface area contributed by atoms with Gasteiger partial charge in [-0.05, 0) is 19.9 Å². The summed E-state index contributed by atoms with van der Waals surface area (Å²) in [6.07, 6.45) is 0. The lowest BCUT2D eigenvalue weighted by molar-refractivity contribution is 0.0527. The summed E-state index contributed by atoms with van der Waals surface area (Å²) >= 11 is 5.86. The summed E-state index contributed by atoms with van der Waals surface area (Å²) in [5, 5.41) is 0.390. The van der Waals surface area contributed by atoms with Crippen molar-refractivity contribution >= 4 is 23.3 Å². The number of nitrogen functional groups attached to an aromatic ring is 1. The molecule has 0 heterocycles. The van der Waals surface area contributed by atoms with Crippen molar-refractivity contribution in [3.05, 3.63) is 22.7 Å². The standard InChI is InChI=1S/C11H14ClNO3/c1-3-15-9-6-7(12)5-8(10(9)13)11(14)16-4-2/h5-6H,3-4,13H2,1-2H3. The van der Waals surface area contributed by atoms with E-state index in [1.165, 1.54) is 6.07 Å². The molecule has 1 aromatic rings. The van der Waals surface area contributed by atoms with E-state index < -0.39 is 5.97 Å². The Bertz CT molecular complexity index is 393. The molecule has 1 aromatic carbocycles. The monoisotopic (exact) mass is 243 g/mol. The van der Waals surface area contributed by atoms with Crippen LogP contribution in [-0.4, -0.2) is 19.2 Å². The predicted octanol–water partition coefficient (Wildman–Crippen LogP) is 2.50. The highest BCUT2D eigenvalue weighted by molar-refractivity contribution is 6.31. The number of esters is 1. The smallest absolute Gasteiger partial charge is 0.340 e. The van der Waals surface area contributed by atoms with E-state index >= 15 is 0 Å². The van der Waals surface area contributed by atoms with Crippen LogP contribution in [0.15, 0.2) is 12.1 Å². The molecule has 0 bridgehead atoms. The number of benzene rings is 1. The van der Waals surface area contributed by atoms with Gasteiger partial charge in [-0.2, -0.15) is 0 Å². The van der Waals surface area contributed by atoms with Crippen LogP contribution in [0.25, 0.3) is 0 Å². The van der Waals surface area contributed by atoms with Crippen LogP contribution in [0.5, 0.6) is 5.75 Å². The molecule has 0 aromatic heterocycles. The molecule has 16 heavy (non-hydrogen) atoms. The van der Waals surface area contributed by atoms with Gasteiger partial charge < -0.3 is 15.2 Å². The fraction of sp³-hybridized carbons (Fsp3) is 0.364. The molecule has 0 amide bonds. The molecular weight excluding hydrogens is 230 g/mol. The van der Waals surface area contributed by atoms with Gasteiger partial charge in [0.2, 0.25) is 0 Å². The zero-order valence-electron chi connectivity index (χ0n) is 9.25. The minimum atomic E-state index is -0.497. The molecule has 4 nitrogen and oxygen atoms in total. The van der Waals surface area contributed by atoms with E-state index in [0.717, 1.165) is 0 Å². The maximum atomic E-state index is 11.6. The van der Waals surface area contributed by atoms with Gasteiger partial charge >= 0.3 is 5.97 Å². The fourth-order valence-electron chi connectivity index (χ4n) is 1.25. The second-order valence-corrected chi connectivity index (χ2v) is 3.46. The van der Waals surface area contributed by atoms with E-state index in [1.807, 2.05) is 6.92 Å². The molecule has 88 valence electrons. The fourth-order valence-corrected chi connectivity index (χ4v) is 1.45. The van der Waals surface area contributed by atoms with Crippen molar-refractivity contribution in [1.82, 2.24) is 0 Å². The van der Waals surface area contributed by atoms with Gasteiger partial charge in [-0.3, -0.25) is 0 Å². The van der Waals surface area contributed by atoms with Crippen molar-refractivity contribution < 1.29 is 14.3 Å². The predicted molar refractivity (Wildman–Crippen MR) is 63.0 cm³/mol. The van der Waals surface area contributed by atoms with Crippen LogP contribution < -0.4 is 10.5 Å². The van der Waals surface area contributed by atoms with Gasteiger partial charge in [-0.1, -0.05) is 11.6 Å². The average molecular weight is 244 g/mol. The van der Waals surface area contributed by atoms with Gasteiger partial charge in [0.15, 0.2) is 0 Å². The molecule has 0 aliphatic rings. The second-order valence-electron chi connectivity index (χ2n) is 3.02. The Balaban J connectivity index is 3.13. The number of carbonyl (C=O) groups excluding carboxylic acids is 1. The van der Waals surface area contributed by atoms with Crippen LogP contribution in [0.1, 0.15) is 24.2 Å². The number of halogens is 1. The van der Waals surface area contributed by atoms with Crippen LogP contribution in [-0.2, 0) is 4.74 Å². The summed E-state index contributed by atoms with van der Waals surface area (Å²) in [6, 6.07) is 3.04. The van der Waals surface area contributed by atoms with Crippen LogP contribution in [0, 0.1) is 0 Å². The Labute approximate surface area is 99.3 Å². The van der Waals surface area contributed by atoms with E-state index in [0.29, 0.717) is 17.4 Å². The van der Waals surface area contributed by atoms with Crippen molar-refractivity contribution in [3.63, 3.8) is 0 Å². The Kier molecular flexibility index (Phi) is 4.43. The lowest BCUT2D eigenvalue weighted by atomic mass is 10.1. The highest BCUT2D eigenvalue weighted by Crippen LogP contribution is 2.30. The van der Waals surface area contributed by atoms with E-state index in [2.05, 4.69) is 0 Å². The van der Waals surface area contributed by atoms with Crippen LogP contribution in [0.3, 0.4) is 0 Å². The number of carbonyl (C=O) groups is 1. The first-order chi connectivity index (χ1) is 7.60. The van der Waals surface area contributed by atoms with Gasteiger partial charge in [-0.15, -0.1) is 0 Å². The first-order valence-electron chi connectivity index (χ1n) is 4.99. The minimum Gasteiger partial charge on any atom is -0.492 e. The molecule has 0 saturated heterocycles. The normalized spacial score (nSPS) is 9.94. The Morgan fingerprint density at radius 2 is 2.06 bits per heavy atom. The molecule has 1 rings (SSSR count). The van der Waals surface area contributed by atoms with E-state index in [4.69, 9.17) is 26.8 Å². The molecule has 0 unspecified atom stereocenters. The molecule has 0 radical (unpaired) electrons. The van der Waals surface area contributed by atoms with Crippen LogP contribution in [0.4, 0.5) is 5.69 Å². The first kappa shape index (κ1) is 12.6.